The standard InChI is InChI=1S/C26H34ClFN2O4/c1-6-33-24(31)19(16-29-5)14-21(30-25(32)34-26(2,3)4)13-17-7-9-18(10-8-17)22-15-20(27)11-12-23(22)28/h7-12,15,19,21,29H,6,13-14,16H2,1-5H3,(H,30,32). The maximum Gasteiger partial charge on any atom is 0.407 e. The van der Waals surface area contributed by atoms with E-state index in [0.29, 0.717) is 35.5 Å². The van der Waals surface area contributed by atoms with Crippen LogP contribution in [0.15, 0.2) is 42.5 Å². The number of rotatable bonds is 10. The van der Waals surface area contributed by atoms with Gasteiger partial charge in [0.2, 0.25) is 0 Å². The Labute approximate surface area is 206 Å². The van der Waals surface area contributed by atoms with Crippen LogP contribution in [0.3, 0.4) is 0 Å². The van der Waals surface area contributed by atoms with E-state index < -0.39 is 17.6 Å². The molecule has 2 unspecified atom stereocenters. The molecule has 0 fully saturated rings. The fourth-order valence-electron chi connectivity index (χ4n) is 3.60. The normalized spacial score (nSPS) is 13.1. The van der Waals surface area contributed by atoms with Crippen LogP contribution in [0, 0.1) is 11.7 Å². The lowest BCUT2D eigenvalue weighted by atomic mass is 9.94. The molecule has 186 valence electrons. The highest BCUT2D eigenvalue weighted by Gasteiger charge is 2.27. The number of esters is 1. The van der Waals surface area contributed by atoms with Crippen LogP contribution in [0.1, 0.15) is 39.7 Å². The van der Waals surface area contributed by atoms with Crippen LogP contribution in [0.5, 0.6) is 0 Å². The van der Waals surface area contributed by atoms with Gasteiger partial charge in [-0.3, -0.25) is 4.79 Å². The van der Waals surface area contributed by atoms with Gasteiger partial charge >= 0.3 is 12.1 Å². The Bertz CT molecular complexity index is 960. The molecule has 1 amide bonds. The van der Waals surface area contributed by atoms with Gasteiger partial charge in [0.05, 0.1) is 12.5 Å². The second-order valence-corrected chi connectivity index (χ2v) is 9.55. The molecule has 0 radical (unpaired) electrons. The number of ether oxygens (including phenoxy) is 2. The van der Waals surface area contributed by atoms with Gasteiger partial charge in [-0.25, -0.2) is 9.18 Å². The molecule has 0 spiro atoms. The predicted molar refractivity (Wildman–Crippen MR) is 132 cm³/mol. The summed E-state index contributed by atoms with van der Waals surface area (Å²) in [6, 6.07) is 11.4. The molecule has 2 rings (SSSR count). The van der Waals surface area contributed by atoms with Crippen molar-refractivity contribution < 1.29 is 23.5 Å². The predicted octanol–water partition coefficient (Wildman–Crippen LogP) is 5.37. The van der Waals surface area contributed by atoms with Crippen LogP contribution in [-0.2, 0) is 20.7 Å². The number of carbonyl (C=O) groups excluding carboxylic acids is 2. The fourth-order valence-corrected chi connectivity index (χ4v) is 3.78. The molecular weight excluding hydrogens is 459 g/mol. The summed E-state index contributed by atoms with van der Waals surface area (Å²) in [6.45, 7) is 7.82. The van der Waals surface area contributed by atoms with Crippen LogP contribution < -0.4 is 10.6 Å². The molecule has 0 aliphatic heterocycles. The number of amides is 1. The molecule has 0 bridgehead atoms. The van der Waals surface area contributed by atoms with Crippen molar-refractivity contribution in [1.82, 2.24) is 10.6 Å². The molecule has 0 aliphatic carbocycles. The summed E-state index contributed by atoms with van der Waals surface area (Å²) in [6.07, 6.45) is 0.267. The van der Waals surface area contributed by atoms with Crippen molar-refractivity contribution in [1.29, 1.82) is 0 Å². The highest BCUT2D eigenvalue weighted by molar-refractivity contribution is 6.30. The fraction of sp³-hybridized carbons (Fsp3) is 0.462. The van der Waals surface area contributed by atoms with E-state index in [1.807, 2.05) is 24.3 Å². The van der Waals surface area contributed by atoms with E-state index in [1.54, 1.807) is 40.8 Å². The minimum Gasteiger partial charge on any atom is -0.466 e. The van der Waals surface area contributed by atoms with Crippen molar-refractivity contribution in [2.75, 3.05) is 20.2 Å². The molecular formula is C26H34ClFN2O4. The summed E-state index contributed by atoms with van der Waals surface area (Å²) < 4.78 is 24.9. The minimum atomic E-state index is -0.650. The molecule has 6 nitrogen and oxygen atoms in total. The van der Waals surface area contributed by atoms with Crippen LogP contribution in [0.4, 0.5) is 9.18 Å². The quantitative estimate of drug-likeness (QED) is 0.436. The number of alkyl carbamates (subject to hydrolysis) is 1. The molecule has 0 heterocycles. The zero-order valence-electron chi connectivity index (χ0n) is 20.4. The molecule has 2 aromatic rings. The Balaban J connectivity index is 2.23. The van der Waals surface area contributed by atoms with Crippen LogP contribution >= 0.6 is 11.6 Å². The van der Waals surface area contributed by atoms with Gasteiger partial charge in [-0.1, -0.05) is 35.9 Å². The van der Waals surface area contributed by atoms with Crippen molar-refractivity contribution in [2.45, 2.75) is 52.2 Å². The lowest BCUT2D eigenvalue weighted by Gasteiger charge is -2.26. The van der Waals surface area contributed by atoms with Crippen molar-refractivity contribution in [3.8, 4) is 11.1 Å². The third kappa shape index (κ3) is 8.95. The van der Waals surface area contributed by atoms with E-state index in [-0.39, 0.29) is 24.4 Å². The molecule has 34 heavy (non-hydrogen) atoms. The summed E-state index contributed by atoms with van der Waals surface area (Å²) in [5.74, 6) is -1.12. The zero-order valence-corrected chi connectivity index (χ0v) is 21.2. The van der Waals surface area contributed by atoms with Crippen LogP contribution in [0.25, 0.3) is 11.1 Å². The number of nitrogens with one attached hydrogen (secondary N) is 2. The highest BCUT2D eigenvalue weighted by atomic mass is 35.5. The van der Waals surface area contributed by atoms with Gasteiger partial charge in [0.25, 0.3) is 0 Å². The monoisotopic (exact) mass is 492 g/mol. The van der Waals surface area contributed by atoms with E-state index in [0.717, 1.165) is 5.56 Å². The molecule has 0 saturated heterocycles. The molecule has 0 saturated carbocycles. The number of hydrogen-bond acceptors (Lipinski definition) is 5. The van der Waals surface area contributed by atoms with Gasteiger partial charge < -0.3 is 20.1 Å². The number of benzene rings is 2. The largest absolute Gasteiger partial charge is 0.466 e. The molecule has 2 aromatic carbocycles. The average molecular weight is 493 g/mol. The van der Waals surface area contributed by atoms with Crippen molar-refractivity contribution >= 4 is 23.7 Å². The SMILES string of the molecule is CCOC(=O)C(CNC)CC(Cc1ccc(-c2cc(Cl)ccc2F)cc1)NC(=O)OC(C)(C)C. The molecule has 2 N–H and O–H groups in total. The van der Waals surface area contributed by atoms with Gasteiger partial charge in [-0.15, -0.1) is 0 Å². The van der Waals surface area contributed by atoms with Gasteiger partial charge in [0, 0.05) is 23.2 Å². The van der Waals surface area contributed by atoms with Crippen molar-refractivity contribution in [3.63, 3.8) is 0 Å². The first-order valence-electron chi connectivity index (χ1n) is 11.4. The smallest absolute Gasteiger partial charge is 0.407 e. The number of hydrogen-bond donors (Lipinski definition) is 2. The topological polar surface area (TPSA) is 76.7 Å². The van der Waals surface area contributed by atoms with Crippen molar-refractivity contribution in [2.24, 2.45) is 5.92 Å². The lowest BCUT2D eigenvalue weighted by Crippen LogP contribution is -2.43. The second kappa shape index (κ2) is 12.7. The van der Waals surface area contributed by atoms with E-state index >= 15 is 0 Å². The lowest BCUT2D eigenvalue weighted by molar-refractivity contribution is -0.148. The first-order valence-corrected chi connectivity index (χ1v) is 11.7. The summed E-state index contributed by atoms with van der Waals surface area (Å²) in [5.41, 5.74) is 1.38. The second-order valence-electron chi connectivity index (χ2n) is 9.11. The Hall–Kier alpha value is -2.64. The molecule has 8 heteroatoms. The van der Waals surface area contributed by atoms with Crippen LogP contribution in [-0.4, -0.2) is 43.9 Å². The Kier molecular flexibility index (Phi) is 10.3. The van der Waals surface area contributed by atoms with Crippen molar-refractivity contribution in [3.05, 3.63) is 58.9 Å². The minimum absolute atomic E-state index is 0.282. The molecule has 0 aromatic heterocycles. The molecule has 0 aliphatic rings. The maximum absolute atomic E-state index is 14.2. The van der Waals surface area contributed by atoms with E-state index in [9.17, 15) is 14.0 Å². The third-order valence-corrected chi connectivity index (χ3v) is 5.27. The number of carbonyl (C=O) groups is 2. The van der Waals surface area contributed by atoms with Gasteiger partial charge in [0.15, 0.2) is 0 Å². The van der Waals surface area contributed by atoms with Gasteiger partial charge in [0.1, 0.15) is 11.4 Å². The first kappa shape index (κ1) is 27.6. The Morgan fingerprint density at radius 1 is 1.12 bits per heavy atom. The Morgan fingerprint density at radius 2 is 1.79 bits per heavy atom. The maximum atomic E-state index is 14.2. The van der Waals surface area contributed by atoms with Crippen LogP contribution in [0.2, 0.25) is 5.02 Å². The number of halogens is 2. The summed E-state index contributed by atoms with van der Waals surface area (Å²) in [5, 5.41) is 6.36. The Morgan fingerprint density at radius 3 is 2.38 bits per heavy atom. The summed E-state index contributed by atoms with van der Waals surface area (Å²) >= 11 is 6.02. The van der Waals surface area contributed by atoms with E-state index in [2.05, 4.69) is 10.6 Å². The van der Waals surface area contributed by atoms with E-state index in [1.165, 1.54) is 12.1 Å². The van der Waals surface area contributed by atoms with Gasteiger partial charge in [-0.05, 0) is 76.9 Å². The summed E-state index contributed by atoms with van der Waals surface area (Å²) in [7, 11) is 1.76. The summed E-state index contributed by atoms with van der Waals surface area (Å²) in [4.78, 5) is 24.9. The highest BCUT2D eigenvalue weighted by Crippen LogP contribution is 2.27. The third-order valence-electron chi connectivity index (χ3n) is 5.04. The average Bonchev–Trinajstić information content (AvgIpc) is 2.74. The first-order chi connectivity index (χ1) is 16.0. The van der Waals surface area contributed by atoms with E-state index in [4.69, 9.17) is 21.1 Å². The van der Waals surface area contributed by atoms with Gasteiger partial charge in [-0.2, -0.15) is 0 Å². The molecule has 2 atom stereocenters. The zero-order chi connectivity index (χ0) is 25.3.